The quantitative estimate of drug-likeness (QED) is 0.801. The van der Waals surface area contributed by atoms with E-state index < -0.39 is 5.41 Å². The highest BCUT2D eigenvalue weighted by molar-refractivity contribution is 6.14. The Morgan fingerprint density at radius 3 is 1.84 bits per heavy atom. The van der Waals surface area contributed by atoms with E-state index in [2.05, 4.69) is 31.4 Å². The molecule has 0 bridgehead atoms. The van der Waals surface area contributed by atoms with Crippen molar-refractivity contribution >= 4 is 23.2 Å². The molecule has 132 valence electrons. The lowest BCUT2D eigenvalue weighted by atomic mass is 9.85. The molecule has 0 aliphatic rings. The summed E-state index contributed by atoms with van der Waals surface area (Å²) in [5, 5.41) is 5.72. The summed E-state index contributed by atoms with van der Waals surface area (Å²) in [4.78, 5) is 25.3. The summed E-state index contributed by atoms with van der Waals surface area (Å²) in [6, 6.07) is 16.8. The largest absolute Gasteiger partial charge is 0.325 e. The average molecular weight is 338 g/mol. The van der Waals surface area contributed by atoms with Gasteiger partial charge in [-0.05, 0) is 43.0 Å². The fourth-order valence-electron chi connectivity index (χ4n) is 2.44. The van der Waals surface area contributed by atoms with E-state index in [1.165, 1.54) is 0 Å². The van der Waals surface area contributed by atoms with Crippen molar-refractivity contribution in [2.24, 2.45) is 5.41 Å². The van der Waals surface area contributed by atoms with Crippen LogP contribution in [0.15, 0.2) is 54.6 Å². The van der Waals surface area contributed by atoms with E-state index in [4.69, 9.17) is 0 Å². The van der Waals surface area contributed by atoms with Crippen LogP contribution in [-0.4, -0.2) is 11.8 Å². The van der Waals surface area contributed by atoms with E-state index >= 15 is 0 Å². The zero-order valence-corrected chi connectivity index (χ0v) is 15.5. The second-order valence-corrected chi connectivity index (χ2v) is 7.69. The Morgan fingerprint density at radius 1 is 0.720 bits per heavy atom. The predicted octanol–water partition coefficient (Wildman–Crippen LogP) is 4.59. The monoisotopic (exact) mass is 338 g/mol. The van der Waals surface area contributed by atoms with Crippen molar-refractivity contribution in [3.8, 4) is 0 Å². The van der Waals surface area contributed by atoms with Gasteiger partial charge >= 0.3 is 0 Å². The minimum atomic E-state index is -1.21. The Kier molecular flexibility index (Phi) is 5.31. The number of para-hydroxylation sites is 2. The van der Waals surface area contributed by atoms with Gasteiger partial charge in [-0.1, -0.05) is 57.2 Å². The van der Waals surface area contributed by atoms with Crippen LogP contribution in [0.25, 0.3) is 0 Å². The van der Waals surface area contributed by atoms with Crippen LogP contribution in [0, 0.1) is 5.41 Å². The smallest absolute Gasteiger partial charge is 0.239 e. The fourth-order valence-corrected chi connectivity index (χ4v) is 2.44. The van der Waals surface area contributed by atoms with Crippen molar-refractivity contribution in [1.82, 2.24) is 0 Å². The molecule has 2 aromatic rings. The third-order valence-corrected chi connectivity index (χ3v) is 4.15. The highest BCUT2D eigenvalue weighted by Crippen LogP contribution is 2.30. The van der Waals surface area contributed by atoms with E-state index in [9.17, 15) is 9.59 Å². The maximum atomic E-state index is 12.8. The summed E-state index contributed by atoms with van der Waals surface area (Å²) in [6.45, 7) is 9.52. The Hall–Kier alpha value is -2.62. The van der Waals surface area contributed by atoms with Crippen LogP contribution in [0.2, 0.25) is 0 Å². The lowest BCUT2D eigenvalue weighted by Gasteiger charge is -2.26. The van der Waals surface area contributed by atoms with Crippen molar-refractivity contribution < 1.29 is 9.59 Å². The van der Waals surface area contributed by atoms with E-state index in [1.54, 1.807) is 26.0 Å². The zero-order valence-electron chi connectivity index (χ0n) is 15.5. The van der Waals surface area contributed by atoms with Gasteiger partial charge in [0.2, 0.25) is 11.8 Å². The number of hydrogen-bond acceptors (Lipinski definition) is 2. The molecule has 2 aromatic carbocycles. The Balaban J connectivity index is 2.18. The summed E-state index contributed by atoms with van der Waals surface area (Å²) < 4.78 is 0. The summed E-state index contributed by atoms with van der Waals surface area (Å²) in [7, 11) is 0. The van der Waals surface area contributed by atoms with Gasteiger partial charge in [0.15, 0.2) is 0 Å². The maximum absolute atomic E-state index is 12.8. The summed E-state index contributed by atoms with van der Waals surface area (Å²) in [5.74, 6) is -0.679. The highest BCUT2D eigenvalue weighted by Gasteiger charge is 2.36. The third kappa shape index (κ3) is 4.47. The van der Waals surface area contributed by atoms with E-state index in [-0.39, 0.29) is 17.2 Å². The first kappa shape index (κ1) is 18.7. The van der Waals surface area contributed by atoms with Crippen LogP contribution in [0.1, 0.15) is 40.2 Å². The number of benzene rings is 2. The Bertz CT molecular complexity index is 759. The molecule has 0 spiro atoms. The first-order valence-electron chi connectivity index (χ1n) is 8.40. The van der Waals surface area contributed by atoms with Crippen LogP contribution in [-0.2, 0) is 15.0 Å². The van der Waals surface area contributed by atoms with Gasteiger partial charge in [0, 0.05) is 11.4 Å². The lowest BCUT2D eigenvalue weighted by Crippen LogP contribution is -2.42. The topological polar surface area (TPSA) is 58.2 Å². The number of amides is 2. The molecule has 2 amide bonds. The van der Waals surface area contributed by atoms with E-state index in [1.807, 2.05) is 42.5 Å². The van der Waals surface area contributed by atoms with Crippen LogP contribution in [0.5, 0.6) is 0 Å². The molecule has 0 saturated heterocycles. The van der Waals surface area contributed by atoms with Gasteiger partial charge in [-0.15, -0.1) is 0 Å². The zero-order chi connectivity index (χ0) is 18.7. The van der Waals surface area contributed by atoms with E-state index in [0.717, 1.165) is 11.3 Å². The molecule has 0 atom stereocenters. The average Bonchev–Trinajstić information content (AvgIpc) is 2.55. The van der Waals surface area contributed by atoms with Gasteiger partial charge in [-0.25, -0.2) is 0 Å². The van der Waals surface area contributed by atoms with Crippen molar-refractivity contribution in [2.75, 3.05) is 10.6 Å². The maximum Gasteiger partial charge on any atom is 0.239 e. The highest BCUT2D eigenvalue weighted by atomic mass is 16.2. The molecule has 2 N–H and O–H groups in total. The van der Waals surface area contributed by atoms with Gasteiger partial charge < -0.3 is 10.6 Å². The van der Waals surface area contributed by atoms with Crippen molar-refractivity contribution in [1.29, 1.82) is 0 Å². The molecule has 4 heteroatoms. The van der Waals surface area contributed by atoms with Gasteiger partial charge in [0.25, 0.3) is 0 Å². The molecule has 0 aromatic heterocycles. The molecule has 0 heterocycles. The summed E-state index contributed by atoms with van der Waals surface area (Å²) >= 11 is 0. The van der Waals surface area contributed by atoms with Gasteiger partial charge in [-0.3, -0.25) is 9.59 Å². The summed E-state index contributed by atoms with van der Waals surface area (Å²) in [5.41, 5.74) is 1.12. The molecule has 0 aliphatic heterocycles. The molecular formula is C21H26N2O2. The van der Waals surface area contributed by atoms with Crippen molar-refractivity contribution in [3.05, 3.63) is 60.2 Å². The number of anilines is 2. The van der Waals surface area contributed by atoms with Crippen molar-refractivity contribution in [2.45, 2.75) is 40.0 Å². The molecule has 2 rings (SSSR count). The molecule has 0 fully saturated rings. The molecule has 4 nitrogen and oxygen atoms in total. The molecule has 0 aliphatic carbocycles. The standard InChI is InChI=1S/C21H26N2O2/c1-20(2,3)16-13-9-10-14-17(16)23-19(25)21(4,5)18(24)22-15-11-7-6-8-12-15/h6-14H,1-5H3,(H,22,24)(H,23,25). The Labute approximate surface area is 149 Å². The molecule has 0 saturated carbocycles. The van der Waals surface area contributed by atoms with Gasteiger partial charge in [0.05, 0.1) is 0 Å². The van der Waals surface area contributed by atoms with Crippen LogP contribution >= 0.6 is 0 Å². The molecule has 0 radical (unpaired) electrons. The lowest BCUT2D eigenvalue weighted by molar-refractivity contribution is -0.135. The van der Waals surface area contributed by atoms with Gasteiger partial charge in [0.1, 0.15) is 5.41 Å². The number of carbonyl (C=O) groups excluding carboxylic acids is 2. The number of rotatable bonds is 4. The van der Waals surface area contributed by atoms with Crippen LogP contribution in [0.4, 0.5) is 11.4 Å². The predicted molar refractivity (Wildman–Crippen MR) is 103 cm³/mol. The minimum Gasteiger partial charge on any atom is -0.325 e. The second-order valence-electron chi connectivity index (χ2n) is 7.69. The normalized spacial score (nSPS) is 11.7. The first-order valence-corrected chi connectivity index (χ1v) is 8.40. The van der Waals surface area contributed by atoms with Crippen LogP contribution in [0.3, 0.4) is 0 Å². The minimum absolute atomic E-state index is 0.111. The number of carbonyl (C=O) groups is 2. The van der Waals surface area contributed by atoms with E-state index in [0.29, 0.717) is 5.69 Å². The van der Waals surface area contributed by atoms with Gasteiger partial charge in [-0.2, -0.15) is 0 Å². The fraction of sp³-hybridized carbons (Fsp3) is 0.333. The summed E-state index contributed by atoms with van der Waals surface area (Å²) in [6.07, 6.45) is 0. The molecule has 25 heavy (non-hydrogen) atoms. The number of nitrogens with one attached hydrogen (secondary N) is 2. The molecule has 0 unspecified atom stereocenters. The van der Waals surface area contributed by atoms with Crippen molar-refractivity contribution in [3.63, 3.8) is 0 Å². The third-order valence-electron chi connectivity index (χ3n) is 4.15. The SMILES string of the molecule is CC(C)(C(=O)Nc1ccccc1)C(=O)Nc1ccccc1C(C)(C)C. The first-order chi connectivity index (χ1) is 11.6. The van der Waals surface area contributed by atoms with Crippen LogP contribution < -0.4 is 10.6 Å². The molecular weight excluding hydrogens is 312 g/mol. The Morgan fingerprint density at radius 2 is 1.24 bits per heavy atom. The second kappa shape index (κ2) is 7.09. The number of hydrogen-bond donors (Lipinski definition) is 2.